The van der Waals surface area contributed by atoms with Crippen LogP contribution in [0.15, 0.2) is 12.1 Å². The van der Waals surface area contributed by atoms with E-state index in [1.165, 1.54) is 6.92 Å². The van der Waals surface area contributed by atoms with Gasteiger partial charge >= 0.3 is 5.97 Å². The summed E-state index contributed by atoms with van der Waals surface area (Å²) < 4.78 is 38.6. The van der Waals surface area contributed by atoms with Crippen molar-refractivity contribution >= 4 is 11.9 Å². The minimum atomic E-state index is -1.35. The molecule has 0 radical (unpaired) electrons. The molecule has 0 heterocycles. The summed E-state index contributed by atoms with van der Waals surface area (Å²) in [6.45, 7) is 1.22. The number of benzene rings is 1. The summed E-state index contributed by atoms with van der Waals surface area (Å²) in [5.74, 6) is -5.74. The van der Waals surface area contributed by atoms with E-state index in [-0.39, 0.29) is 5.56 Å². The number of rotatable bonds is 4. The van der Waals surface area contributed by atoms with Gasteiger partial charge in [-0.3, -0.25) is 9.59 Å². The first-order valence-electron chi connectivity index (χ1n) is 4.97. The molecule has 4 nitrogen and oxygen atoms in total. The van der Waals surface area contributed by atoms with Gasteiger partial charge in [-0.2, -0.15) is 0 Å². The average Bonchev–Trinajstić information content (AvgIpc) is 2.25. The van der Waals surface area contributed by atoms with E-state index in [9.17, 15) is 22.8 Å². The van der Waals surface area contributed by atoms with E-state index in [1.54, 1.807) is 0 Å². The molecule has 1 rings (SSSR count). The normalized spacial score (nSPS) is 12.0. The van der Waals surface area contributed by atoms with Crippen molar-refractivity contribution in [1.29, 1.82) is 0 Å². The van der Waals surface area contributed by atoms with Crippen molar-refractivity contribution < 1.29 is 27.9 Å². The van der Waals surface area contributed by atoms with Crippen LogP contribution in [0, 0.1) is 17.5 Å². The maximum Gasteiger partial charge on any atom is 0.325 e. The minimum absolute atomic E-state index is 0.332. The molecular weight excluding hydrogens is 251 g/mol. The molecule has 0 spiro atoms. The highest BCUT2D eigenvalue weighted by Gasteiger charge is 2.17. The van der Waals surface area contributed by atoms with E-state index in [4.69, 9.17) is 5.11 Å². The number of hydrogen-bond acceptors (Lipinski definition) is 2. The van der Waals surface area contributed by atoms with Crippen molar-refractivity contribution in [3.8, 4) is 0 Å². The molecule has 98 valence electrons. The summed E-state index contributed by atoms with van der Waals surface area (Å²) in [5, 5.41) is 10.6. The van der Waals surface area contributed by atoms with Gasteiger partial charge in [-0.25, -0.2) is 13.2 Å². The first kappa shape index (κ1) is 14.0. The molecule has 0 aliphatic rings. The molecular formula is C11H10F3NO3. The molecule has 0 unspecified atom stereocenters. The Morgan fingerprint density at radius 2 is 1.78 bits per heavy atom. The van der Waals surface area contributed by atoms with Crippen LogP contribution in [0.1, 0.15) is 12.5 Å². The maximum atomic E-state index is 13.2. The van der Waals surface area contributed by atoms with Crippen LogP contribution < -0.4 is 5.32 Å². The molecule has 0 saturated carbocycles. The Balaban J connectivity index is 2.76. The number of carbonyl (C=O) groups is 2. The van der Waals surface area contributed by atoms with Gasteiger partial charge in [0.15, 0.2) is 11.6 Å². The van der Waals surface area contributed by atoms with E-state index in [1.807, 2.05) is 0 Å². The zero-order chi connectivity index (χ0) is 13.9. The summed E-state index contributed by atoms with van der Waals surface area (Å²) in [6.07, 6.45) is -0.569. The monoisotopic (exact) mass is 261 g/mol. The third-order valence-corrected chi connectivity index (χ3v) is 2.19. The Labute approximate surface area is 100 Å². The summed E-state index contributed by atoms with van der Waals surface area (Å²) >= 11 is 0. The quantitative estimate of drug-likeness (QED) is 0.801. The van der Waals surface area contributed by atoms with Gasteiger partial charge in [0.05, 0.1) is 6.42 Å². The lowest BCUT2D eigenvalue weighted by Gasteiger charge is -2.09. The van der Waals surface area contributed by atoms with Crippen molar-refractivity contribution in [3.63, 3.8) is 0 Å². The van der Waals surface area contributed by atoms with Crippen LogP contribution in [-0.4, -0.2) is 23.0 Å². The smallest absolute Gasteiger partial charge is 0.325 e. The Morgan fingerprint density at radius 1 is 1.22 bits per heavy atom. The van der Waals surface area contributed by atoms with Gasteiger partial charge in [-0.05, 0) is 13.0 Å². The largest absolute Gasteiger partial charge is 0.480 e. The molecule has 0 fully saturated rings. The zero-order valence-electron chi connectivity index (χ0n) is 9.34. The lowest BCUT2D eigenvalue weighted by molar-refractivity contribution is -0.141. The molecule has 18 heavy (non-hydrogen) atoms. The van der Waals surface area contributed by atoms with Crippen molar-refractivity contribution in [1.82, 2.24) is 5.32 Å². The summed E-state index contributed by atoms with van der Waals surface area (Å²) in [6, 6.07) is -0.250. The number of carboxylic acids is 1. The van der Waals surface area contributed by atoms with E-state index in [0.29, 0.717) is 12.1 Å². The van der Waals surface area contributed by atoms with Crippen molar-refractivity contribution in [2.45, 2.75) is 19.4 Å². The number of nitrogens with one attached hydrogen (secondary N) is 1. The fraction of sp³-hybridized carbons (Fsp3) is 0.273. The van der Waals surface area contributed by atoms with Crippen LogP contribution in [0.3, 0.4) is 0 Å². The number of halogens is 3. The minimum Gasteiger partial charge on any atom is -0.480 e. The van der Waals surface area contributed by atoms with Crippen LogP contribution in [0.5, 0.6) is 0 Å². The van der Waals surface area contributed by atoms with Crippen LogP contribution in [-0.2, 0) is 16.0 Å². The van der Waals surface area contributed by atoms with Crippen LogP contribution in [0.4, 0.5) is 13.2 Å². The second-order valence-corrected chi connectivity index (χ2v) is 3.66. The molecule has 0 saturated heterocycles. The molecule has 0 aliphatic heterocycles. The highest BCUT2D eigenvalue weighted by atomic mass is 19.2. The Kier molecular flexibility index (Phi) is 4.30. The molecule has 0 aliphatic carbocycles. The van der Waals surface area contributed by atoms with Crippen LogP contribution >= 0.6 is 0 Å². The van der Waals surface area contributed by atoms with Gasteiger partial charge in [0, 0.05) is 11.6 Å². The number of aliphatic carboxylic acids is 1. The summed E-state index contributed by atoms with van der Waals surface area (Å²) in [4.78, 5) is 21.8. The van der Waals surface area contributed by atoms with Crippen molar-refractivity contribution in [2.75, 3.05) is 0 Å². The highest BCUT2D eigenvalue weighted by Crippen LogP contribution is 2.14. The second kappa shape index (κ2) is 5.52. The molecule has 1 aromatic rings. The molecule has 1 aromatic carbocycles. The van der Waals surface area contributed by atoms with E-state index >= 15 is 0 Å². The van der Waals surface area contributed by atoms with Gasteiger partial charge in [-0.15, -0.1) is 0 Å². The van der Waals surface area contributed by atoms with Gasteiger partial charge in [0.1, 0.15) is 11.9 Å². The average molecular weight is 261 g/mol. The third-order valence-electron chi connectivity index (χ3n) is 2.19. The van der Waals surface area contributed by atoms with Gasteiger partial charge < -0.3 is 10.4 Å². The van der Waals surface area contributed by atoms with Gasteiger partial charge in [-0.1, -0.05) is 0 Å². The first-order chi connectivity index (χ1) is 8.31. The first-order valence-corrected chi connectivity index (χ1v) is 4.97. The fourth-order valence-electron chi connectivity index (χ4n) is 1.23. The second-order valence-electron chi connectivity index (χ2n) is 3.66. The van der Waals surface area contributed by atoms with E-state index < -0.39 is 41.8 Å². The molecule has 2 N–H and O–H groups in total. The molecule has 7 heteroatoms. The van der Waals surface area contributed by atoms with Crippen LogP contribution in [0.25, 0.3) is 0 Å². The maximum absolute atomic E-state index is 13.2. The topological polar surface area (TPSA) is 66.4 Å². The Bertz CT molecular complexity index is 491. The molecule has 1 amide bonds. The predicted octanol–water partition coefficient (Wildman–Crippen LogP) is 1.24. The van der Waals surface area contributed by atoms with E-state index in [2.05, 4.69) is 5.32 Å². The number of hydrogen-bond donors (Lipinski definition) is 2. The summed E-state index contributed by atoms with van der Waals surface area (Å²) in [5.41, 5.74) is -0.344. The van der Waals surface area contributed by atoms with Crippen molar-refractivity contribution in [2.24, 2.45) is 0 Å². The molecule has 0 aromatic heterocycles. The fourth-order valence-corrected chi connectivity index (χ4v) is 1.23. The number of amides is 1. The molecule has 0 bridgehead atoms. The Hall–Kier alpha value is -2.05. The van der Waals surface area contributed by atoms with E-state index in [0.717, 1.165) is 0 Å². The van der Waals surface area contributed by atoms with Gasteiger partial charge in [0.2, 0.25) is 5.91 Å². The SMILES string of the molecule is C[C@@H](NC(=O)Cc1cc(F)c(F)cc1F)C(=O)O. The van der Waals surface area contributed by atoms with Gasteiger partial charge in [0.25, 0.3) is 0 Å². The summed E-state index contributed by atoms with van der Waals surface area (Å²) in [7, 11) is 0. The predicted molar refractivity (Wildman–Crippen MR) is 55.3 cm³/mol. The Morgan fingerprint density at radius 3 is 2.33 bits per heavy atom. The van der Waals surface area contributed by atoms with Crippen molar-refractivity contribution in [3.05, 3.63) is 35.1 Å². The lowest BCUT2D eigenvalue weighted by Crippen LogP contribution is -2.39. The number of carboxylic acid groups (broad SMARTS) is 1. The lowest BCUT2D eigenvalue weighted by atomic mass is 10.1. The molecule has 1 atom stereocenters. The number of carbonyl (C=O) groups excluding carboxylic acids is 1. The standard InChI is InChI=1S/C11H10F3NO3/c1-5(11(17)18)15-10(16)3-6-2-8(13)9(14)4-7(6)12/h2,4-5H,3H2,1H3,(H,15,16)(H,17,18)/t5-/m1/s1. The van der Waals surface area contributed by atoms with Crippen LogP contribution in [0.2, 0.25) is 0 Å². The third kappa shape index (κ3) is 3.47. The zero-order valence-corrected chi connectivity index (χ0v) is 9.34. The highest BCUT2D eigenvalue weighted by molar-refractivity contribution is 5.84.